The number of benzene rings is 1. The molecule has 0 saturated heterocycles. The summed E-state index contributed by atoms with van der Waals surface area (Å²) in [6, 6.07) is 7.02. The summed E-state index contributed by atoms with van der Waals surface area (Å²) in [6.07, 6.45) is 1.75. The van der Waals surface area contributed by atoms with E-state index in [1.807, 2.05) is 6.07 Å². The van der Waals surface area contributed by atoms with Gasteiger partial charge in [-0.3, -0.25) is 0 Å². The van der Waals surface area contributed by atoms with Gasteiger partial charge in [-0.1, -0.05) is 0 Å². The molecular weight excluding hydrogens is 246 g/mol. The summed E-state index contributed by atoms with van der Waals surface area (Å²) in [4.78, 5) is 11.1. The molecule has 0 aliphatic heterocycles. The van der Waals surface area contributed by atoms with Gasteiger partial charge in [0.05, 0.1) is 14.2 Å². The van der Waals surface area contributed by atoms with Gasteiger partial charge in [-0.2, -0.15) is 0 Å². The van der Waals surface area contributed by atoms with Crippen molar-refractivity contribution < 1.29 is 19.4 Å². The van der Waals surface area contributed by atoms with Crippen LogP contribution in [0.1, 0.15) is 10.5 Å². The highest BCUT2D eigenvalue weighted by Gasteiger charge is 2.14. The molecule has 5 heteroatoms. The van der Waals surface area contributed by atoms with Gasteiger partial charge in [0.1, 0.15) is 17.2 Å². The summed E-state index contributed by atoms with van der Waals surface area (Å²) >= 11 is 0. The van der Waals surface area contributed by atoms with Crippen LogP contribution in [-0.2, 0) is 7.05 Å². The summed E-state index contributed by atoms with van der Waals surface area (Å²) in [5, 5.41) is 9.08. The van der Waals surface area contributed by atoms with Crippen molar-refractivity contribution in [3.05, 3.63) is 36.2 Å². The Kier molecular flexibility index (Phi) is 3.46. The van der Waals surface area contributed by atoms with Crippen LogP contribution in [0.15, 0.2) is 30.5 Å². The van der Waals surface area contributed by atoms with Crippen molar-refractivity contribution in [1.29, 1.82) is 0 Å². The number of nitrogens with zero attached hydrogens (tertiary/aromatic N) is 1. The van der Waals surface area contributed by atoms with Crippen molar-refractivity contribution in [2.24, 2.45) is 7.05 Å². The Labute approximate surface area is 111 Å². The Morgan fingerprint density at radius 3 is 2.47 bits per heavy atom. The van der Waals surface area contributed by atoms with Gasteiger partial charge in [-0.05, 0) is 24.3 Å². The van der Waals surface area contributed by atoms with Gasteiger partial charge >= 0.3 is 5.97 Å². The van der Waals surface area contributed by atoms with Gasteiger partial charge in [0.25, 0.3) is 0 Å². The smallest absolute Gasteiger partial charge is 0.352 e. The summed E-state index contributed by atoms with van der Waals surface area (Å²) < 4.78 is 12.0. The fraction of sp³-hybridized carbons (Fsp3) is 0.214. The molecule has 100 valence electrons. The number of carboxylic acid groups (broad SMARTS) is 1. The number of hydrogen-bond acceptors (Lipinski definition) is 3. The molecular formula is C14H15NO4. The number of aromatic carboxylic acids is 1. The Balaban J connectivity index is 2.57. The summed E-state index contributed by atoms with van der Waals surface area (Å²) in [7, 11) is 4.85. The fourth-order valence-electron chi connectivity index (χ4n) is 1.96. The maximum absolute atomic E-state index is 11.1. The molecule has 0 bridgehead atoms. The SMILES string of the molecule is COc1ccc(OC)c(-c2cc(C(=O)O)n(C)c2)c1. The van der Waals surface area contributed by atoms with Crippen molar-refractivity contribution in [3.63, 3.8) is 0 Å². The molecule has 19 heavy (non-hydrogen) atoms. The number of aryl methyl sites for hydroxylation is 1. The number of carbonyl (C=O) groups is 1. The Hall–Kier alpha value is -2.43. The first kappa shape index (κ1) is 13.0. The van der Waals surface area contributed by atoms with E-state index >= 15 is 0 Å². The zero-order chi connectivity index (χ0) is 14.0. The fourth-order valence-corrected chi connectivity index (χ4v) is 1.96. The van der Waals surface area contributed by atoms with Crippen LogP contribution in [0, 0.1) is 0 Å². The summed E-state index contributed by atoms with van der Waals surface area (Å²) in [5.41, 5.74) is 1.79. The average molecular weight is 261 g/mol. The van der Waals surface area contributed by atoms with Crippen LogP contribution in [0.3, 0.4) is 0 Å². The quantitative estimate of drug-likeness (QED) is 0.918. The van der Waals surface area contributed by atoms with E-state index in [0.29, 0.717) is 11.5 Å². The van der Waals surface area contributed by atoms with E-state index < -0.39 is 5.97 Å². The van der Waals surface area contributed by atoms with E-state index in [9.17, 15) is 4.79 Å². The highest BCUT2D eigenvalue weighted by atomic mass is 16.5. The normalized spacial score (nSPS) is 10.3. The number of carboxylic acids is 1. The number of rotatable bonds is 4. The van der Waals surface area contributed by atoms with Crippen molar-refractivity contribution >= 4 is 5.97 Å². The molecule has 0 amide bonds. The number of aromatic nitrogens is 1. The minimum Gasteiger partial charge on any atom is -0.497 e. The highest BCUT2D eigenvalue weighted by Crippen LogP contribution is 2.34. The first-order valence-electron chi connectivity index (χ1n) is 5.69. The van der Waals surface area contributed by atoms with E-state index in [1.54, 1.807) is 50.2 Å². The average Bonchev–Trinajstić information content (AvgIpc) is 2.80. The molecule has 1 N–H and O–H groups in total. The molecule has 2 aromatic rings. The molecule has 0 aliphatic rings. The molecule has 1 aromatic heterocycles. The van der Waals surface area contributed by atoms with Gasteiger partial charge in [-0.15, -0.1) is 0 Å². The van der Waals surface area contributed by atoms with Crippen LogP contribution in [0.4, 0.5) is 0 Å². The van der Waals surface area contributed by atoms with Crippen LogP contribution in [0.2, 0.25) is 0 Å². The van der Waals surface area contributed by atoms with E-state index in [0.717, 1.165) is 11.1 Å². The Morgan fingerprint density at radius 1 is 1.21 bits per heavy atom. The van der Waals surface area contributed by atoms with Gasteiger partial charge in [0, 0.05) is 24.4 Å². The van der Waals surface area contributed by atoms with E-state index in [4.69, 9.17) is 14.6 Å². The maximum atomic E-state index is 11.1. The third kappa shape index (κ3) is 2.40. The van der Waals surface area contributed by atoms with Crippen LogP contribution < -0.4 is 9.47 Å². The van der Waals surface area contributed by atoms with Crippen molar-refractivity contribution in [3.8, 4) is 22.6 Å². The standard InChI is InChI=1S/C14H15NO4/c1-15-8-9(6-12(15)14(16)17)11-7-10(18-2)4-5-13(11)19-3/h4-8H,1-3H3,(H,16,17). The lowest BCUT2D eigenvalue weighted by Crippen LogP contribution is -2.02. The van der Waals surface area contributed by atoms with Crippen molar-refractivity contribution in [2.45, 2.75) is 0 Å². The van der Waals surface area contributed by atoms with Gasteiger partial charge in [0.2, 0.25) is 0 Å². The molecule has 0 radical (unpaired) electrons. The second kappa shape index (κ2) is 5.06. The zero-order valence-electron chi connectivity index (χ0n) is 11.0. The molecule has 0 aliphatic carbocycles. The minimum absolute atomic E-state index is 0.222. The Morgan fingerprint density at radius 2 is 1.95 bits per heavy atom. The lowest BCUT2D eigenvalue weighted by molar-refractivity contribution is 0.0686. The van der Waals surface area contributed by atoms with Gasteiger partial charge in [0.15, 0.2) is 0 Å². The number of methoxy groups -OCH3 is 2. The molecule has 2 rings (SSSR count). The van der Waals surface area contributed by atoms with Crippen LogP contribution in [0.5, 0.6) is 11.5 Å². The summed E-state index contributed by atoms with van der Waals surface area (Å²) in [6.45, 7) is 0. The molecule has 0 fully saturated rings. The topological polar surface area (TPSA) is 60.7 Å². The first-order valence-corrected chi connectivity index (χ1v) is 5.69. The second-order valence-electron chi connectivity index (χ2n) is 4.10. The number of hydrogen-bond donors (Lipinski definition) is 1. The van der Waals surface area contributed by atoms with Gasteiger partial charge in [-0.25, -0.2) is 4.79 Å². The van der Waals surface area contributed by atoms with Gasteiger partial charge < -0.3 is 19.1 Å². The zero-order valence-corrected chi connectivity index (χ0v) is 11.0. The maximum Gasteiger partial charge on any atom is 0.352 e. The minimum atomic E-state index is -0.962. The molecule has 0 spiro atoms. The van der Waals surface area contributed by atoms with E-state index in [-0.39, 0.29) is 5.69 Å². The lowest BCUT2D eigenvalue weighted by atomic mass is 10.1. The Bertz CT molecular complexity index is 616. The highest BCUT2D eigenvalue weighted by molar-refractivity contribution is 5.88. The van der Waals surface area contributed by atoms with E-state index in [1.165, 1.54) is 0 Å². The van der Waals surface area contributed by atoms with Crippen LogP contribution in [0.25, 0.3) is 11.1 Å². The van der Waals surface area contributed by atoms with Crippen LogP contribution >= 0.6 is 0 Å². The molecule has 1 heterocycles. The molecule has 0 saturated carbocycles. The largest absolute Gasteiger partial charge is 0.497 e. The third-order valence-corrected chi connectivity index (χ3v) is 2.94. The monoisotopic (exact) mass is 261 g/mol. The summed E-state index contributed by atoms with van der Waals surface area (Å²) in [5.74, 6) is 0.399. The lowest BCUT2D eigenvalue weighted by Gasteiger charge is -2.09. The molecule has 5 nitrogen and oxygen atoms in total. The third-order valence-electron chi connectivity index (χ3n) is 2.94. The number of ether oxygens (including phenoxy) is 2. The second-order valence-corrected chi connectivity index (χ2v) is 4.10. The predicted octanol–water partition coefficient (Wildman–Crippen LogP) is 2.41. The molecule has 0 unspecified atom stereocenters. The predicted molar refractivity (Wildman–Crippen MR) is 70.9 cm³/mol. The van der Waals surface area contributed by atoms with Crippen LogP contribution in [-0.4, -0.2) is 29.9 Å². The van der Waals surface area contributed by atoms with Crippen molar-refractivity contribution in [1.82, 2.24) is 4.57 Å². The van der Waals surface area contributed by atoms with E-state index in [2.05, 4.69) is 0 Å². The molecule has 1 aromatic carbocycles. The first-order chi connectivity index (χ1) is 9.06. The van der Waals surface area contributed by atoms with Crippen molar-refractivity contribution in [2.75, 3.05) is 14.2 Å². The molecule has 0 atom stereocenters.